The van der Waals surface area contributed by atoms with E-state index in [4.69, 9.17) is 14.3 Å². The molecule has 0 aliphatic heterocycles. The second-order valence-electron chi connectivity index (χ2n) is 10.7. The fraction of sp³-hybridized carbons (Fsp3) is 0.200. The Hall–Kier alpha value is -6.92. The Bertz CT molecular complexity index is 2310. The van der Waals surface area contributed by atoms with Gasteiger partial charge in [0.1, 0.15) is 42.3 Å². The zero-order valence-electron chi connectivity index (χ0n) is 25.1. The predicted molar refractivity (Wildman–Crippen MR) is 163 cm³/mol. The summed E-state index contributed by atoms with van der Waals surface area (Å²) in [7, 11) is 1.51. The first kappa shape index (κ1) is 33.4. The number of ether oxygens (including phenoxy) is 1. The average Bonchev–Trinajstić information content (AvgIpc) is 3.48. The van der Waals surface area contributed by atoms with E-state index in [1.165, 1.54) is 24.0 Å². The first-order chi connectivity index (χ1) is 23.2. The van der Waals surface area contributed by atoms with Gasteiger partial charge in [0.15, 0.2) is 28.4 Å². The number of carboxylic acids is 2. The van der Waals surface area contributed by atoms with E-state index in [9.17, 15) is 54.3 Å². The van der Waals surface area contributed by atoms with Gasteiger partial charge in [-0.05, 0) is 12.5 Å². The lowest BCUT2D eigenvalue weighted by atomic mass is 10.0. The van der Waals surface area contributed by atoms with Crippen LogP contribution in [0.25, 0.3) is 33.0 Å². The highest BCUT2D eigenvalue weighted by Crippen LogP contribution is 2.36. The third-order valence-electron chi connectivity index (χ3n) is 7.32. The molecular weight excluding hydrogens is 654 g/mol. The molecule has 0 saturated heterocycles. The minimum absolute atomic E-state index is 0.0348. The van der Waals surface area contributed by atoms with Crippen molar-refractivity contribution in [3.8, 4) is 34.1 Å². The highest BCUT2D eigenvalue weighted by Gasteiger charge is 2.27. The largest absolute Gasteiger partial charge is 0.504 e. The van der Waals surface area contributed by atoms with Crippen LogP contribution in [-0.2, 0) is 39.3 Å². The molecule has 3 heterocycles. The summed E-state index contributed by atoms with van der Waals surface area (Å²) >= 11 is 0. The number of carboxylic acid groups (broad SMARTS) is 2. The number of nitrogens with one attached hydrogen (secondary N) is 1. The van der Waals surface area contributed by atoms with Crippen molar-refractivity contribution < 1.29 is 59.0 Å². The van der Waals surface area contributed by atoms with E-state index in [2.05, 4.69) is 15.6 Å². The molecule has 0 aliphatic rings. The number of fused-ring (bicyclic) bond motifs is 2. The molecule has 0 aliphatic carbocycles. The molecule has 1 atom stereocenters. The molecular formula is C30H25N5O14. The summed E-state index contributed by atoms with van der Waals surface area (Å²) in [6, 6.07) is 1.58. The van der Waals surface area contributed by atoms with E-state index in [1.807, 2.05) is 0 Å². The molecule has 7 N–H and O–H groups in total. The number of rotatable bonds is 11. The van der Waals surface area contributed by atoms with Crippen LogP contribution in [0, 0.1) is 0 Å². The van der Waals surface area contributed by atoms with Crippen molar-refractivity contribution in [3.63, 3.8) is 0 Å². The summed E-state index contributed by atoms with van der Waals surface area (Å²) in [6.45, 7) is -1.16. The maximum Gasteiger partial charge on any atom is 0.343 e. The average molecular weight is 680 g/mol. The van der Waals surface area contributed by atoms with Crippen LogP contribution in [0.3, 0.4) is 0 Å². The Kier molecular flexibility index (Phi) is 8.91. The third kappa shape index (κ3) is 6.66. The van der Waals surface area contributed by atoms with E-state index in [1.54, 1.807) is 0 Å². The first-order valence-electron chi connectivity index (χ1n) is 14.0. The number of aliphatic carboxylic acids is 2. The molecule has 2 aromatic carbocycles. The summed E-state index contributed by atoms with van der Waals surface area (Å²) in [5.74, 6) is -7.79. The van der Waals surface area contributed by atoms with Crippen LogP contribution < -0.4 is 16.2 Å². The maximum absolute atomic E-state index is 13.8. The number of hydrogen-bond acceptors (Lipinski definition) is 14. The van der Waals surface area contributed by atoms with Gasteiger partial charge in [-0.1, -0.05) is 5.21 Å². The van der Waals surface area contributed by atoms with Crippen molar-refractivity contribution in [1.82, 2.24) is 24.9 Å². The van der Waals surface area contributed by atoms with Crippen LogP contribution in [0.2, 0.25) is 0 Å². The Balaban J connectivity index is 1.41. The van der Waals surface area contributed by atoms with E-state index >= 15 is 0 Å². The summed E-state index contributed by atoms with van der Waals surface area (Å²) < 4.78 is 13.1. The summed E-state index contributed by atoms with van der Waals surface area (Å²) in [4.78, 5) is 74.8. The van der Waals surface area contributed by atoms with Crippen LogP contribution in [0.15, 0.2) is 50.9 Å². The molecule has 0 saturated carbocycles. The zero-order chi connectivity index (χ0) is 35.7. The van der Waals surface area contributed by atoms with E-state index in [-0.39, 0.29) is 39.7 Å². The third-order valence-corrected chi connectivity index (χ3v) is 7.32. The van der Waals surface area contributed by atoms with Crippen LogP contribution in [0.1, 0.15) is 28.9 Å². The van der Waals surface area contributed by atoms with Gasteiger partial charge >= 0.3 is 17.9 Å². The smallest absolute Gasteiger partial charge is 0.343 e. The van der Waals surface area contributed by atoms with Gasteiger partial charge in [-0.15, -0.1) is 5.10 Å². The molecule has 19 nitrogen and oxygen atoms in total. The normalized spacial score (nSPS) is 11.8. The van der Waals surface area contributed by atoms with Gasteiger partial charge < -0.3 is 49.7 Å². The number of esters is 1. The fourth-order valence-corrected chi connectivity index (χ4v) is 4.95. The monoisotopic (exact) mass is 679 g/mol. The molecule has 254 valence electrons. The number of aromatic nitrogens is 4. The Morgan fingerprint density at radius 1 is 0.959 bits per heavy atom. The molecule has 5 rings (SSSR count). The topological polar surface area (TPSA) is 294 Å². The quantitative estimate of drug-likeness (QED) is 0.0739. The number of carbonyl (C=O) groups is 4. The lowest BCUT2D eigenvalue weighted by Gasteiger charge is -2.13. The molecule has 0 fully saturated rings. The maximum atomic E-state index is 13.8. The van der Waals surface area contributed by atoms with Gasteiger partial charge in [-0.2, -0.15) is 0 Å². The molecule has 0 bridgehead atoms. The predicted octanol–water partition coefficient (Wildman–Crippen LogP) is 0.517. The molecule has 49 heavy (non-hydrogen) atoms. The van der Waals surface area contributed by atoms with Gasteiger partial charge in [0.2, 0.25) is 11.3 Å². The van der Waals surface area contributed by atoms with Crippen molar-refractivity contribution in [3.05, 3.63) is 68.6 Å². The number of aryl methyl sites for hydroxylation is 1. The van der Waals surface area contributed by atoms with Crippen molar-refractivity contribution in [2.45, 2.75) is 32.0 Å². The van der Waals surface area contributed by atoms with Gasteiger partial charge in [0.05, 0.1) is 33.6 Å². The molecule has 0 spiro atoms. The number of carbonyl (C=O) groups excluding carboxylic acids is 2. The fourth-order valence-electron chi connectivity index (χ4n) is 4.95. The number of benzene rings is 2. The molecule has 1 amide bonds. The van der Waals surface area contributed by atoms with E-state index in [0.717, 1.165) is 29.1 Å². The van der Waals surface area contributed by atoms with Gasteiger partial charge in [0, 0.05) is 31.8 Å². The van der Waals surface area contributed by atoms with Gasteiger partial charge in [-0.25, -0.2) is 14.3 Å². The Labute approximate surface area is 271 Å². The number of phenols is 4. The Morgan fingerprint density at radius 2 is 1.67 bits per heavy atom. The van der Waals surface area contributed by atoms with Crippen molar-refractivity contribution in [1.29, 1.82) is 0 Å². The number of amides is 1. The molecule has 3 aromatic heterocycles. The summed E-state index contributed by atoms with van der Waals surface area (Å²) in [6.07, 6.45) is 2.49. The highest BCUT2D eigenvalue weighted by molar-refractivity contribution is 6.07. The van der Waals surface area contributed by atoms with Crippen molar-refractivity contribution in [2.75, 3.05) is 0 Å². The lowest BCUT2D eigenvalue weighted by Crippen LogP contribution is -2.42. The molecule has 5 aromatic rings. The number of aromatic hydroxyl groups is 4. The second kappa shape index (κ2) is 13.1. The van der Waals surface area contributed by atoms with Crippen LogP contribution in [0.5, 0.6) is 23.0 Å². The summed E-state index contributed by atoms with van der Waals surface area (Å²) in [5, 5.41) is 67.6. The van der Waals surface area contributed by atoms with E-state index < -0.39 is 94.2 Å². The molecule has 1 unspecified atom stereocenters. The highest BCUT2D eigenvalue weighted by atomic mass is 16.5. The standard InChI is InChI=1S/C30H25N5O14/c1-34-8-14(26(42)13-4-18(36)19(37)5-17(13)34)15-11-48-21-6-20(38)28(44)25(24(21)27(15)43)30(47)49-10-12-7-35(33-32-12)9-22(39)31-16(29(45)46)2-3-23(40)41/h4-8,11,16,36-38,44H,2-3,9-10H2,1H3,(H,31,39)(H,40,41)(H,45,46). The van der Waals surface area contributed by atoms with Gasteiger partial charge in [0.25, 0.3) is 0 Å². The van der Waals surface area contributed by atoms with Crippen LogP contribution in [0.4, 0.5) is 0 Å². The zero-order valence-corrected chi connectivity index (χ0v) is 25.1. The SMILES string of the molecule is Cn1cc(-c2coc3cc(O)c(O)c(C(=O)OCc4cn(CC(=O)NC(CCC(=O)O)C(=O)O)nn4)c3c2=O)c(=O)c2cc(O)c(O)cc21. The van der Waals surface area contributed by atoms with Crippen molar-refractivity contribution in [2.24, 2.45) is 7.05 Å². The lowest BCUT2D eigenvalue weighted by molar-refractivity contribution is -0.143. The second-order valence-corrected chi connectivity index (χ2v) is 10.7. The summed E-state index contributed by atoms with van der Waals surface area (Å²) in [5.41, 5.74) is -3.25. The number of hydrogen-bond donors (Lipinski definition) is 7. The van der Waals surface area contributed by atoms with Crippen LogP contribution >= 0.6 is 0 Å². The van der Waals surface area contributed by atoms with E-state index in [0.29, 0.717) is 0 Å². The van der Waals surface area contributed by atoms with Gasteiger partial charge in [-0.3, -0.25) is 19.2 Å². The minimum Gasteiger partial charge on any atom is -0.504 e. The van der Waals surface area contributed by atoms with Crippen molar-refractivity contribution >= 4 is 45.7 Å². The molecule has 0 radical (unpaired) electrons. The molecule has 19 heteroatoms. The Morgan fingerprint density at radius 3 is 2.37 bits per heavy atom. The minimum atomic E-state index is -1.47. The first-order valence-corrected chi connectivity index (χ1v) is 14.0. The number of phenolic OH excluding ortho intramolecular Hbond substituents is 4. The number of nitrogens with zero attached hydrogens (tertiary/aromatic N) is 4. The number of pyridine rings is 1. The van der Waals surface area contributed by atoms with Crippen LogP contribution in [-0.4, -0.2) is 80.1 Å².